The Labute approximate surface area is 113 Å². The van der Waals surface area contributed by atoms with Crippen molar-refractivity contribution in [1.82, 2.24) is 4.90 Å². The summed E-state index contributed by atoms with van der Waals surface area (Å²) in [4.78, 5) is 2.68. The predicted molar refractivity (Wildman–Crippen MR) is 76.6 cm³/mol. The Kier molecular flexibility index (Phi) is 4.71. The number of nitrogens with zero attached hydrogens (tertiary/aromatic N) is 1. The van der Waals surface area contributed by atoms with E-state index in [1.54, 1.807) is 0 Å². The molecule has 2 aliphatic rings. The van der Waals surface area contributed by atoms with Crippen LogP contribution < -0.4 is 0 Å². The van der Waals surface area contributed by atoms with Gasteiger partial charge in [-0.25, -0.2) is 0 Å². The number of hydrogen-bond donors (Lipinski definition) is 1. The highest BCUT2D eigenvalue weighted by Crippen LogP contribution is 2.35. The van der Waals surface area contributed by atoms with Gasteiger partial charge in [0.1, 0.15) is 0 Å². The maximum Gasteiger partial charge on any atom is 0.0600 e. The van der Waals surface area contributed by atoms with E-state index >= 15 is 0 Å². The average molecular weight is 253 g/mol. The number of aliphatic hydroxyl groups excluding tert-OH is 1. The molecule has 0 bridgehead atoms. The Morgan fingerprint density at radius 1 is 1.11 bits per heavy atom. The van der Waals surface area contributed by atoms with Crippen LogP contribution in [0.2, 0.25) is 0 Å². The first kappa shape index (κ1) is 14.3. The Bertz CT molecular complexity index is 256. The molecule has 1 saturated carbocycles. The number of aliphatic hydroxyl groups is 1. The third-order valence-electron chi connectivity index (χ3n) is 5.05. The zero-order valence-corrected chi connectivity index (χ0v) is 12.5. The lowest BCUT2D eigenvalue weighted by Crippen LogP contribution is -2.48. The first-order chi connectivity index (χ1) is 8.48. The van der Waals surface area contributed by atoms with Crippen molar-refractivity contribution in [3.8, 4) is 0 Å². The number of fused-ring (bicyclic) bond motifs is 1. The fraction of sp³-hybridized carbons (Fsp3) is 1.00. The predicted octanol–water partition coefficient (Wildman–Crippen LogP) is 3.44. The van der Waals surface area contributed by atoms with Crippen molar-refractivity contribution < 1.29 is 5.11 Å². The second kappa shape index (κ2) is 5.92. The molecule has 2 heteroatoms. The molecule has 0 aromatic heterocycles. The van der Waals surface area contributed by atoms with Crippen molar-refractivity contribution in [2.24, 2.45) is 11.3 Å². The topological polar surface area (TPSA) is 23.5 Å². The van der Waals surface area contributed by atoms with Gasteiger partial charge in [0.15, 0.2) is 0 Å². The first-order valence-electron chi connectivity index (χ1n) is 7.90. The van der Waals surface area contributed by atoms with E-state index in [1.807, 2.05) is 0 Å². The lowest BCUT2D eigenvalue weighted by atomic mass is 9.78. The normalized spacial score (nSPS) is 32.0. The summed E-state index contributed by atoms with van der Waals surface area (Å²) in [6, 6.07) is 0.833. The van der Waals surface area contributed by atoms with E-state index in [0.29, 0.717) is 0 Å². The highest BCUT2D eigenvalue weighted by molar-refractivity contribution is 4.88. The molecule has 0 amide bonds. The molecule has 0 radical (unpaired) electrons. The highest BCUT2D eigenvalue weighted by Gasteiger charge is 2.33. The van der Waals surface area contributed by atoms with Crippen LogP contribution in [0.4, 0.5) is 0 Å². The van der Waals surface area contributed by atoms with E-state index in [9.17, 15) is 5.11 Å². The zero-order chi connectivity index (χ0) is 13.2. The molecular weight excluding hydrogens is 222 g/mol. The summed E-state index contributed by atoms with van der Waals surface area (Å²) < 4.78 is 0. The monoisotopic (exact) mass is 253 g/mol. The van der Waals surface area contributed by atoms with Crippen LogP contribution in [0, 0.1) is 11.3 Å². The van der Waals surface area contributed by atoms with Gasteiger partial charge in [0.05, 0.1) is 6.10 Å². The van der Waals surface area contributed by atoms with E-state index in [-0.39, 0.29) is 11.5 Å². The Morgan fingerprint density at radius 2 is 1.78 bits per heavy atom. The highest BCUT2D eigenvalue weighted by atomic mass is 16.3. The molecule has 1 aliphatic heterocycles. The largest absolute Gasteiger partial charge is 0.393 e. The average Bonchev–Trinajstić information content (AvgIpc) is 2.34. The molecule has 1 aliphatic carbocycles. The first-order valence-corrected chi connectivity index (χ1v) is 7.90. The van der Waals surface area contributed by atoms with E-state index < -0.39 is 0 Å². The van der Waals surface area contributed by atoms with Crippen LogP contribution in [-0.2, 0) is 0 Å². The smallest absolute Gasteiger partial charge is 0.0600 e. The van der Waals surface area contributed by atoms with Gasteiger partial charge in [-0.05, 0) is 50.0 Å². The lowest BCUT2D eigenvalue weighted by molar-refractivity contribution is 0.0164. The number of likely N-dealkylation sites (tertiary alicyclic amines) is 1. The SMILES string of the molecule is CC(C)(C)C(O)CCN1CCC[C@H]2CCCC[C@H]21. The molecule has 0 aromatic rings. The summed E-state index contributed by atoms with van der Waals surface area (Å²) in [7, 11) is 0. The summed E-state index contributed by atoms with van der Waals surface area (Å²) in [5, 5.41) is 10.2. The number of piperidine rings is 1. The van der Waals surface area contributed by atoms with Crippen molar-refractivity contribution in [2.75, 3.05) is 13.1 Å². The minimum absolute atomic E-state index is 0.0295. The zero-order valence-electron chi connectivity index (χ0n) is 12.5. The van der Waals surface area contributed by atoms with Gasteiger partial charge in [-0.3, -0.25) is 0 Å². The van der Waals surface area contributed by atoms with Crippen LogP contribution in [-0.4, -0.2) is 35.2 Å². The van der Waals surface area contributed by atoms with Gasteiger partial charge in [-0.2, -0.15) is 0 Å². The standard InChI is InChI=1S/C16H31NO/c1-16(2,3)15(18)10-12-17-11-6-8-13-7-4-5-9-14(13)17/h13-15,18H,4-12H2,1-3H3/t13-,14-,15?/m1/s1. The van der Waals surface area contributed by atoms with Gasteiger partial charge < -0.3 is 10.0 Å². The molecule has 3 atom stereocenters. The molecule has 1 heterocycles. The summed E-state index contributed by atoms with van der Waals surface area (Å²) in [6.45, 7) is 8.77. The molecule has 18 heavy (non-hydrogen) atoms. The molecular formula is C16H31NO. The molecule has 106 valence electrons. The van der Waals surface area contributed by atoms with Gasteiger partial charge in [0.25, 0.3) is 0 Å². The molecule has 0 aromatic carbocycles. The summed E-state index contributed by atoms with van der Waals surface area (Å²) in [6.07, 6.45) is 9.29. The Balaban J connectivity index is 1.84. The molecule has 2 rings (SSSR count). The van der Waals surface area contributed by atoms with Crippen LogP contribution in [0.1, 0.15) is 65.7 Å². The van der Waals surface area contributed by atoms with Crippen LogP contribution >= 0.6 is 0 Å². The Morgan fingerprint density at radius 3 is 2.50 bits per heavy atom. The third-order valence-corrected chi connectivity index (χ3v) is 5.05. The van der Waals surface area contributed by atoms with Crippen LogP contribution in [0.15, 0.2) is 0 Å². The van der Waals surface area contributed by atoms with Crippen LogP contribution in [0.3, 0.4) is 0 Å². The molecule has 2 fully saturated rings. The van der Waals surface area contributed by atoms with E-state index in [2.05, 4.69) is 25.7 Å². The van der Waals surface area contributed by atoms with Gasteiger partial charge in [0, 0.05) is 12.6 Å². The number of hydrogen-bond acceptors (Lipinski definition) is 2. The molecule has 2 nitrogen and oxygen atoms in total. The van der Waals surface area contributed by atoms with Gasteiger partial charge >= 0.3 is 0 Å². The fourth-order valence-electron chi connectivity index (χ4n) is 3.73. The van der Waals surface area contributed by atoms with Crippen molar-refractivity contribution in [2.45, 2.75) is 77.9 Å². The van der Waals surface area contributed by atoms with Gasteiger partial charge in [-0.1, -0.05) is 33.6 Å². The van der Waals surface area contributed by atoms with Crippen LogP contribution in [0.25, 0.3) is 0 Å². The lowest BCUT2D eigenvalue weighted by Gasteiger charge is -2.44. The van der Waals surface area contributed by atoms with Crippen molar-refractivity contribution in [1.29, 1.82) is 0 Å². The minimum Gasteiger partial charge on any atom is -0.393 e. The number of rotatable bonds is 3. The van der Waals surface area contributed by atoms with E-state index in [1.165, 1.54) is 45.1 Å². The van der Waals surface area contributed by atoms with E-state index in [0.717, 1.165) is 24.9 Å². The quantitative estimate of drug-likeness (QED) is 0.833. The second-order valence-electron chi connectivity index (χ2n) is 7.46. The summed E-state index contributed by atoms with van der Waals surface area (Å²) >= 11 is 0. The van der Waals surface area contributed by atoms with Gasteiger partial charge in [0.2, 0.25) is 0 Å². The Hall–Kier alpha value is -0.0800. The maximum absolute atomic E-state index is 10.2. The molecule has 1 unspecified atom stereocenters. The fourth-order valence-corrected chi connectivity index (χ4v) is 3.73. The van der Waals surface area contributed by atoms with Gasteiger partial charge in [-0.15, -0.1) is 0 Å². The second-order valence-corrected chi connectivity index (χ2v) is 7.46. The van der Waals surface area contributed by atoms with Crippen molar-refractivity contribution in [3.63, 3.8) is 0 Å². The summed E-state index contributed by atoms with van der Waals surface area (Å²) in [5.74, 6) is 0.958. The van der Waals surface area contributed by atoms with Crippen molar-refractivity contribution >= 4 is 0 Å². The molecule has 1 N–H and O–H groups in total. The van der Waals surface area contributed by atoms with E-state index in [4.69, 9.17) is 0 Å². The molecule has 0 spiro atoms. The third kappa shape index (κ3) is 3.48. The van der Waals surface area contributed by atoms with Crippen molar-refractivity contribution in [3.05, 3.63) is 0 Å². The summed E-state index contributed by atoms with van der Waals surface area (Å²) in [5.41, 5.74) is 0.0295. The minimum atomic E-state index is -0.165. The maximum atomic E-state index is 10.2. The van der Waals surface area contributed by atoms with Crippen LogP contribution in [0.5, 0.6) is 0 Å². The molecule has 1 saturated heterocycles.